The molecule has 2 aliphatic carbocycles. The molecule has 0 bridgehead atoms. The number of nitrogens with one attached hydrogen (secondary N) is 5. The number of Topliss-reactive ketones (excluding diaryl/α,β-unsaturated/α-hetero) is 1. The number of aliphatic hydroxyl groups excluding tert-OH is 1. The van der Waals surface area contributed by atoms with E-state index >= 15 is 0 Å². The number of carbonyl (C=O) groups excluding carboxylic acids is 6. The van der Waals surface area contributed by atoms with Crippen molar-refractivity contribution in [1.29, 1.82) is 0 Å². The highest BCUT2D eigenvalue weighted by Gasteiger charge is 2.38. The van der Waals surface area contributed by atoms with Crippen LogP contribution in [0.2, 0.25) is 0 Å². The van der Waals surface area contributed by atoms with Gasteiger partial charge in [-0.05, 0) is 49.9 Å². The van der Waals surface area contributed by atoms with Crippen molar-refractivity contribution in [2.75, 3.05) is 6.54 Å². The molecule has 1 heterocycles. The van der Waals surface area contributed by atoms with Crippen molar-refractivity contribution in [1.82, 2.24) is 36.6 Å². The summed E-state index contributed by atoms with van der Waals surface area (Å²) < 4.78 is 0. The summed E-state index contributed by atoms with van der Waals surface area (Å²) in [7, 11) is 0. The summed E-state index contributed by atoms with van der Waals surface area (Å²) in [5.41, 5.74) is 0.0593. The van der Waals surface area contributed by atoms with Gasteiger partial charge in [0, 0.05) is 37.3 Å². The van der Waals surface area contributed by atoms with E-state index in [1.54, 1.807) is 27.7 Å². The van der Waals surface area contributed by atoms with Crippen LogP contribution in [0.5, 0.6) is 0 Å². The molecule has 6 N–H and O–H groups in total. The molecule has 46 heavy (non-hydrogen) atoms. The number of nitrogens with zero attached hydrogens (tertiary/aromatic N) is 2. The number of amides is 5. The molecule has 2 aliphatic rings. The molecule has 0 spiro atoms. The Morgan fingerprint density at radius 2 is 1.57 bits per heavy atom. The first kappa shape index (κ1) is 36.5. The summed E-state index contributed by atoms with van der Waals surface area (Å²) in [6.45, 7) is 9.05. The van der Waals surface area contributed by atoms with Crippen molar-refractivity contribution in [3.05, 3.63) is 24.3 Å². The maximum atomic E-state index is 13.3. The topological polar surface area (TPSA) is 209 Å². The van der Waals surface area contributed by atoms with Crippen molar-refractivity contribution in [3.63, 3.8) is 0 Å². The highest BCUT2D eigenvalue weighted by Crippen LogP contribution is 2.34. The minimum absolute atomic E-state index is 0.0290. The summed E-state index contributed by atoms with van der Waals surface area (Å²) in [4.78, 5) is 85.0. The Bertz CT molecular complexity index is 1240. The predicted molar refractivity (Wildman–Crippen MR) is 168 cm³/mol. The minimum Gasteiger partial charge on any atom is -0.393 e. The lowest BCUT2D eigenvalue weighted by molar-refractivity contribution is -0.140. The van der Waals surface area contributed by atoms with Gasteiger partial charge in [-0.3, -0.25) is 33.8 Å². The maximum Gasteiger partial charge on any atom is 0.289 e. The monoisotopic (exact) mass is 643 g/mol. The van der Waals surface area contributed by atoms with Crippen molar-refractivity contribution < 1.29 is 33.9 Å². The second kappa shape index (κ2) is 17.1. The van der Waals surface area contributed by atoms with Crippen molar-refractivity contribution in [2.24, 2.45) is 23.7 Å². The van der Waals surface area contributed by atoms with Crippen LogP contribution in [0.4, 0.5) is 0 Å². The first-order valence-electron chi connectivity index (χ1n) is 16.3. The van der Waals surface area contributed by atoms with E-state index in [0.717, 1.165) is 12.8 Å². The largest absolute Gasteiger partial charge is 0.393 e. The SMILES string of the molecule is CCCC(NC(=O)C[C@H]1CC[C@@H](O)[C@H]1CNC(=O)[C@@H](NC(=O)[C@H](NC(=O)c1cnccn1)C(C)C)C(C)C)C(=O)C(=O)NC1CC1. The Balaban J connectivity index is 1.57. The molecule has 0 aromatic carbocycles. The van der Waals surface area contributed by atoms with Gasteiger partial charge in [0.25, 0.3) is 11.8 Å². The van der Waals surface area contributed by atoms with Gasteiger partial charge in [-0.1, -0.05) is 41.0 Å². The first-order chi connectivity index (χ1) is 21.8. The molecule has 0 saturated heterocycles. The van der Waals surface area contributed by atoms with Crippen LogP contribution >= 0.6 is 0 Å². The Morgan fingerprint density at radius 1 is 0.891 bits per heavy atom. The second-order valence-electron chi connectivity index (χ2n) is 13.1. The summed E-state index contributed by atoms with van der Waals surface area (Å²) in [6.07, 6.45) is 7.00. The van der Waals surface area contributed by atoms with Gasteiger partial charge in [0.2, 0.25) is 23.5 Å². The van der Waals surface area contributed by atoms with E-state index in [0.29, 0.717) is 25.7 Å². The van der Waals surface area contributed by atoms with Gasteiger partial charge in [0.1, 0.15) is 17.8 Å². The predicted octanol–water partition coefficient (Wildman–Crippen LogP) is 0.398. The summed E-state index contributed by atoms with van der Waals surface area (Å²) in [6, 6.07) is -2.76. The number of ketones is 1. The van der Waals surface area contributed by atoms with Crippen LogP contribution in [0.15, 0.2) is 18.6 Å². The number of hydrogen-bond acceptors (Lipinski definition) is 9. The molecule has 2 saturated carbocycles. The van der Waals surface area contributed by atoms with Crippen LogP contribution in [0.3, 0.4) is 0 Å². The smallest absolute Gasteiger partial charge is 0.289 e. The van der Waals surface area contributed by atoms with Crippen molar-refractivity contribution in [2.45, 2.75) is 110 Å². The molecular formula is C32H49N7O7. The van der Waals surface area contributed by atoms with Crippen molar-refractivity contribution >= 4 is 35.3 Å². The van der Waals surface area contributed by atoms with Crippen LogP contribution in [-0.4, -0.2) is 87.2 Å². The third-order valence-electron chi connectivity index (χ3n) is 8.54. The Labute approximate surface area is 270 Å². The van der Waals surface area contributed by atoms with E-state index in [-0.39, 0.29) is 42.5 Å². The minimum atomic E-state index is -0.939. The molecule has 254 valence electrons. The number of hydrogen-bond donors (Lipinski definition) is 6. The quantitative estimate of drug-likeness (QED) is 0.130. The molecular weight excluding hydrogens is 594 g/mol. The van der Waals surface area contributed by atoms with Gasteiger partial charge in [0.05, 0.1) is 18.3 Å². The molecule has 14 nitrogen and oxygen atoms in total. The van der Waals surface area contributed by atoms with E-state index in [2.05, 4.69) is 36.6 Å². The van der Waals surface area contributed by atoms with E-state index < -0.39 is 65.5 Å². The van der Waals surface area contributed by atoms with Gasteiger partial charge >= 0.3 is 0 Å². The lowest BCUT2D eigenvalue weighted by Crippen LogP contribution is -2.57. The number of aliphatic hydroxyl groups is 1. The molecule has 0 radical (unpaired) electrons. The lowest BCUT2D eigenvalue weighted by atomic mass is 9.90. The molecule has 6 atom stereocenters. The summed E-state index contributed by atoms with van der Waals surface area (Å²) >= 11 is 0. The molecule has 0 aliphatic heterocycles. The van der Waals surface area contributed by atoms with E-state index in [1.807, 2.05) is 6.92 Å². The van der Waals surface area contributed by atoms with Crippen LogP contribution in [0, 0.1) is 23.7 Å². The van der Waals surface area contributed by atoms with Gasteiger partial charge in [-0.15, -0.1) is 0 Å². The highest BCUT2D eigenvalue weighted by molar-refractivity contribution is 6.38. The van der Waals surface area contributed by atoms with Crippen molar-refractivity contribution in [3.8, 4) is 0 Å². The fraction of sp³-hybridized carbons (Fsp3) is 0.688. The Hall–Kier alpha value is -3.94. The van der Waals surface area contributed by atoms with Crippen LogP contribution in [-0.2, 0) is 24.0 Å². The fourth-order valence-corrected chi connectivity index (χ4v) is 5.65. The zero-order chi connectivity index (χ0) is 34.0. The van der Waals surface area contributed by atoms with E-state index in [4.69, 9.17) is 0 Å². The van der Waals surface area contributed by atoms with Crippen LogP contribution in [0.25, 0.3) is 0 Å². The zero-order valence-electron chi connectivity index (χ0n) is 27.4. The molecule has 1 unspecified atom stereocenters. The maximum absolute atomic E-state index is 13.3. The van der Waals surface area contributed by atoms with E-state index in [9.17, 15) is 33.9 Å². The third-order valence-corrected chi connectivity index (χ3v) is 8.54. The van der Waals surface area contributed by atoms with Gasteiger partial charge < -0.3 is 31.7 Å². The third kappa shape index (κ3) is 10.6. The van der Waals surface area contributed by atoms with Gasteiger partial charge in [-0.25, -0.2) is 4.98 Å². The second-order valence-corrected chi connectivity index (χ2v) is 13.1. The molecule has 1 aromatic rings. The molecule has 1 aromatic heterocycles. The average Bonchev–Trinajstić information content (AvgIpc) is 3.77. The normalized spacial score (nSPS) is 21.2. The van der Waals surface area contributed by atoms with E-state index in [1.165, 1.54) is 18.6 Å². The first-order valence-corrected chi connectivity index (χ1v) is 16.3. The van der Waals surface area contributed by atoms with Gasteiger partial charge in [0.15, 0.2) is 0 Å². The zero-order valence-corrected chi connectivity index (χ0v) is 27.4. The van der Waals surface area contributed by atoms with Crippen LogP contribution in [0.1, 0.15) is 90.1 Å². The number of rotatable bonds is 17. The lowest BCUT2D eigenvalue weighted by Gasteiger charge is -2.28. The molecule has 2 fully saturated rings. The Kier molecular flexibility index (Phi) is 13.6. The summed E-state index contributed by atoms with van der Waals surface area (Å²) in [5.74, 6) is -4.56. The van der Waals surface area contributed by atoms with Crippen LogP contribution < -0.4 is 26.6 Å². The average molecular weight is 644 g/mol. The number of aromatic nitrogens is 2. The highest BCUT2D eigenvalue weighted by atomic mass is 16.3. The number of carbonyl (C=O) groups is 6. The standard InChI is InChI=1S/C32H49N7O7/c1-6-7-22(28(42)32(46)36-20-9-10-20)37-25(41)14-19-8-11-24(40)21(19)15-35-30(44)26(17(2)3)39-31(45)27(18(4)5)38-29(43)23-16-33-12-13-34-23/h12-13,16-22,24,26-27,40H,6-11,14-15H2,1-5H3,(H,35,44)(H,36,46)(H,37,41)(H,38,43)(H,39,45)/t19-,21+,22?,24-,26+,27-/m1/s1. The Morgan fingerprint density at radius 3 is 2.15 bits per heavy atom. The van der Waals surface area contributed by atoms with Gasteiger partial charge in [-0.2, -0.15) is 0 Å². The fourth-order valence-electron chi connectivity index (χ4n) is 5.65. The summed E-state index contributed by atoms with van der Waals surface area (Å²) in [5, 5.41) is 24.4. The molecule has 3 rings (SSSR count). The molecule has 14 heteroatoms. The molecule has 5 amide bonds.